The summed E-state index contributed by atoms with van der Waals surface area (Å²) in [7, 11) is 1.80. The summed E-state index contributed by atoms with van der Waals surface area (Å²) in [5, 5.41) is 0.495. The van der Waals surface area contributed by atoms with Crippen LogP contribution < -0.4 is 9.47 Å². The van der Waals surface area contributed by atoms with Crippen LogP contribution in [0.4, 0.5) is 0 Å². The Labute approximate surface area is 130 Å². The molecule has 1 heterocycles. The van der Waals surface area contributed by atoms with Crippen molar-refractivity contribution in [2.24, 2.45) is 5.92 Å². The second-order valence-electron chi connectivity index (χ2n) is 5.47. The van der Waals surface area contributed by atoms with Gasteiger partial charge in [-0.1, -0.05) is 25.4 Å². The molecule has 1 aromatic carbocycles. The number of ether oxygens (including phenoxy) is 2. The Balaban J connectivity index is 2.11. The number of fused-ring (bicyclic) bond motifs is 1. The van der Waals surface area contributed by atoms with Gasteiger partial charge in [-0.2, -0.15) is 0 Å². The van der Waals surface area contributed by atoms with Crippen molar-refractivity contribution in [3.05, 3.63) is 28.8 Å². The van der Waals surface area contributed by atoms with E-state index in [9.17, 15) is 4.79 Å². The molecular weight excluding hydrogens is 290 g/mol. The van der Waals surface area contributed by atoms with Crippen LogP contribution in [0, 0.1) is 5.92 Å². The van der Waals surface area contributed by atoms with Gasteiger partial charge in [0.2, 0.25) is 5.91 Å². The Morgan fingerprint density at radius 1 is 1.38 bits per heavy atom. The van der Waals surface area contributed by atoms with Crippen LogP contribution >= 0.6 is 11.6 Å². The van der Waals surface area contributed by atoms with Gasteiger partial charge in [-0.15, -0.1) is 0 Å². The van der Waals surface area contributed by atoms with E-state index in [0.717, 1.165) is 12.1 Å². The fraction of sp³-hybridized carbons (Fsp3) is 0.438. The summed E-state index contributed by atoms with van der Waals surface area (Å²) in [4.78, 5) is 13.7. The molecule has 1 aliphatic heterocycles. The average molecular weight is 310 g/mol. The van der Waals surface area contributed by atoms with Crippen molar-refractivity contribution in [3.63, 3.8) is 0 Å². The van der Waals surface area contributed by atoms with Gasteiger partial charge in [0.25, 0.3) is 0 Å². The maximum Gasteiger partial charge on any atom is 0.246 e. The molecule has 0 aliphatic carbocycles. The molecule has 114 valence electrons. The van der Waals surface area contributed by atoms with Gasteiger partial charge in [0.1, 0.15) is 13.2 Å². The summed E-state index contributed by atoms with van der Waals surface area (Å²) in [6.45, 7) is 5.89. The van der Waals surface area contributed by atoms with E-state index in [1.54, 1.807) is 30.2 Å². The second kappa shape index (κ2) is 6.85. The third-order valence-corrected chi connectivity index (χ3v) is 3.33. The van der Waals surface area contributed by atoms with E-state index >= 15 is 0 Å². The summed E-state index contributed by atoms with van der Waals surface area (Å²) in [5.74, 6) is 1.60. The van der Waals surface area contributed by atoms with Gasteiger partial charge in [-0.05, 0) is 29.7 Å². The summed E-state index contributed by atoms with van der Waals surface area (Å²) >= 11 is 6.16. The largest absolute Gasteiger partial charge is 0.486 e. The molecule has 0 atom stereocenters. The molecule has 0 N–H and O–H groups in total. The number of hydrogen-bond donors (Lipinski definition) is 0. The summed E-state index contributed by atoms with van der Waals surface area (Å²) in [6, 6.07) is 3.59. The number of rotatable bonds is 4. The Morgan fingerprint density at radius 3 is 2.81 bits per heavy atom. The van der Waals surface area contributed by atoms with Gasteiger partial charge < -0.3 is 14.4 Å². The number of hydrogen-bond acceptors (Lipinski definition) is 3. The Hall–Kier alpha value is -1.68. The topological polar surface area (TPSA) is 38.8 Å². The van der Waals surface area contributed by atoms with Crippen LogP contribution in [0.1, 0.15) is 19.4 Å². The van der Waals surface area contributed by atoms with Gasteiger partial charge in [0.05, 0.1) is 5.02 Å². The van der Waals surface area contributed by atoms with E-state index in [0.29, 0.717) is 35.7 Å². The van der Waals surface area contributed by atoms with Gasteiger partial charge >= 0.3 is 0 Å². The number of benzene rings is 1. The minimum absolute atomic E-state index is 0.0327. The first-order valence-electron chi connectivity index (χ1n) is 6.99. The van der Waals surface area contributed by atoms with Crippen molar-refractivity contribution in [1.29, 1.82) is 0 Å². The van der Waals surface area contributed by atoms with Crippen LogP contribution in [-0.4, -0.2) is 37.6 Å². The van der Waals surface area contributed by atoms with Gasteiger partial charge in [-0.25, -0.2) is 0 Å². The van der Waals surface area contributed by atoms with Crippen LogP contribution in [-0.2, 0) is 4.79 Å². The molecule has 0 radical (unpaired) electrons. The molecule has 0 aromatic heterocycles. The Bertz CT molecular complexity index is 555. The summed E-state index contributed by atoms with van der Waals surface area (Å²) < 4.78 is 11.0. The quantitative estimate of drug-likeness (QED) is 0.802. The number of amides is 1. The molecule has 1 aromatic rings. The fourth-order valence-electron chi connectivity index (χ4n) is 2.16. The minimum atomic E-state index is -0.0327. The fourth-order valence-corrected chi connectivity index (χ4v) is 2.43. The normalized spacial score (nSPS) is 13.8. The lowest BCUT2D eigenvalue weighted by Crippen LogP contribution is -2.28. The SMILES string of the molecule is CC(C)CN(C)C(=O)/C=C/c1cc(Cl)c2c(c1)OCCO2. The molecule has 2 rings (SSSR count). The Kier molecular flexibility index (Phi) is 5.12. The highest BCUT2D eigenvalue weighted by Crippen LogP contribution is 2.38. The monoisotopic (exact) mass is 309 g/mol. The average Bonchev–Trinajstić information content (AvgIpc) is 2.44. The third kappa shape index (κ3) is 4.14. The lowest BCUT2D eigenvalue weighted by molar-refractivity contribution is -0.125. The first-order valence-corrected chi connectivity index (χ1v) is 7.37. The highest BCUT2D eigenvalue weighted by atomic mass is 35.5. The predicted molar refractivity (Wildman–Crippen MR) is 84.0 cm³/mol. The molecule has 0 unspecified atom stereocenters. The van der Waals surface area contributed by atoms with Crippen LogP contribution in [0.5, 0.6) is 11.5 Å². The van der Waals surface area contributed by atoms with Crippen LogP contribution in [0.3, 0.4) is 0 Å². The number of nitrogens with zero attached hydrogens (tertiary/aromatic N) is 1. The molecule has 0 saturated heterocycles. The molecule has 1 amide bonds. The maximum absolute atomic E-state index is 12.0. The molecule has 0 spiro atoms. The van der Waals surface area contributed by atoms with E-state index in [1.807, 2.05) is 6.07 Å². The van der Waals surface area contributed by atoms with E-state index in [4.69, 9.17) is 21.1 Å². The third-order valence-electron chi connectivity index (χ3n) is 3.05. The predicted octanol–water partition coefficient (Wildman–Crippen LogP) is 3.24. The highest BCUT2D eigenvalue weighted by Gasteiger charge is 2.16. The first-order chi connectivity index (χ1) is 9.97. The van der Waals surface area contributed by atoms with Crippen LogP contribution in [0.2, 0.25) is 5.02 Å². The van der Waals surface area contributed by atoms with Crippen LogP contribution in [0.25, 0.3) is 6.08 Å². The minimum Gasteiger partial charge on any atom is -0.486 e. The van der Waals surface area contributed by atoms with E-state index in [1.165, 1.54) is 0 Å². The van der Waals surface area contributed by atoms with Crippen molar-refractivity contribution in [2.75, 3.05) is 26.8 Å². The molecule has 0 saturated carbocycles. The van der Waals surface area contributed by atoms with Gasteiger partial charge in [0, 0.05) is 19.7 Å². The number of likely N-dealkylation sites (N-methyl/N-ethyl adjacent to an activating group) is 1. The Morgan fingerprint density at radius 2 is 2.10 bits per heavy atom. The zero-order chi connectivity index (χ0) is 15.4. The van der Waals surface area contributed by atoms with Crippen molar-refractivity contribution >= 4 is 23.6 Å². The number of carbonyl (C=O) groups is 1. The van der Waals surface area contributed by atoms with Crippen molar-refractivity contribution < 1.29 is 14.3 Å². The van der Waals surface area contributed by atoms with Crippen molar-refractivity contribution in [3.8, 4) is 11.5 Å². The molecule has 21 heavy (non-hydrogen) atoms. The highest BCUT2D eigenvalue weighted by molar-refractivity contribution is 6.32. The van der Waals surface area contributed by atoms with E-state index in [2.05, 4.69) is 13.8 Å². The lowest BCUT2D eigenvalue weighted by atomic mass is 10.1. The second-order valence-corrected chi connectivity index (χ2v) is 5.88. The molecule has 5 heteroatoms. The lowest BCUT2D eigenvalue weighted by Gasteiger charge is -2.20. The van der Waals surface area contributed by atoms with Crippen molar-refractivity contribution in [2.45, 2.75) is 13.8 Å². The number of halogens is 1. The van der Waals surface area contributed by atoms with Crippen molar-refractivity contribution in [1.82, 2.24) is 4.90 Å². The maximum atomic E-state index is 12.0. The standard InChI is InChI=1S/C16H20ClNO3/c1-11(2)10-18(3)15(19)5-4-12-8-13(17)16-14(9-12)20-6-7-21-16/h4-5,8-9,11H,6-7,10H2,1-3H3/b5-4+. The van der Waals surface area contributed by atoms with E-state index < -0.39 is 0 Å². The number of carbonyl (C=O) groups excluding carboxylic acids is 1. The molecule has 0 bridgehead atoms. The first kappa shape index (κ1) is 15.7. The van der Waals surface area contributed by atoms with Crippen LogP contribution in [0.15, 0.2) is 18.2 Å². The summed E-state index contributed by atoms with van der Waals surface area (Å²) in [6.07, 6.45) is 3.29. The van der Waals surface area contributed by atoms with Gasteiger partial charge in [0.15, 0.2) is 11.5 Å². The molecule has 4 nitrogen and oxygen atoms in total. The zero-order valence-corrected chi connectivity index (χ0v) is 13.3. The van der Waals surface area contributed by atoms with Gasteiger partial charge in [-0.3, -0.25) is 4.79 Å². The summed E-state index contributed by atoms with van der Waals surface area (Å²) in [5.41, 5.74) is 0.815. The van der Waals surface area contributed by atoms with E-state index in [-0.39, 0.29) is 5.91 Å². The zero-order valence-electron chi connectivity index (χ0n) is 12.6. The molecular formula is C16H20ClNO3. The smallest absolute Gasteiger partial charge is 0.246 e. The molecule has 0 fully saturated rings. The molecule has 1 aliphatic rings.